The van der Waals surface area contributed by atoms with E-state index in [2.05, 4.69) is 0 Å². The van der Waals surface area contributed by atoms with Crippen molar-refractivity contribution in [3.05, 3.63) is 52.6 Å². The second-order valence-electron chi connectivity index (χ2n) is 9.20. The molecule has 2 atom stereocenters. The van der Waals surface area contributed by atoms with Crippen molar-refractivity contribution in [1.29, 1.82) is 0 Å². The van der Waals surface area contributed by atoms with Crippen LogP contribution in [0.1, 0.15) is 84.8 Å². The maximum Gasteiger partial charge on any atom is 0.342 e. The number of phenolic OH excluding ortho intramolecular Hbond substituents is 2. The molecule has 8 heteroatoms. The maximum absolute atomic E-state index is 13.3. The molecule has 2 aliphatic rings. The van der Waals surface area contributed by atoms with Gasteiger partial charge in [0.05, 0.1) is 19.6 Å². The van der Waals surface area contributed by atoms with Crippen molar-refractivity contribution in [2.24, 2.45) is 0 Å². The fourth-order valence-electron chi connectivity index (χ4n) is 4.73. The topological polar surface area (TPSA) is 119 Å². The van der Waals surface area contributed by atoms with Crippen LogP contribution >= 0.6 is 0 Å². The molecule has 36 heavy (non-hydrogen) atoms. The van der Waals surface area contributed by atoms with Crippen molar-refractivity contribution in [2.45, 2.75) is 63.9 Å². The second-order valence-corrected chi connectivity index (χ2v) is 9.20. The van der Waals surface area contributed by atoms with Crippen LogP contribution < -0.4 is 9.47 Å². The molecule has 0 aliphatic carbocycles. The van der Waals surface area contributed by atoms with E-state index in [1.807, 2.05) is 6.08 Å². The molecular formula is C28H30O8. The number of allylic oxidation sites excluding steroid dienone is 1. The van der Waals surface area contributed by atoms with Gasteiger partial charge in [0.1, 0.15) is 22.8 Å². The number of Topliss-reactive ketones (excluding diaryl/α,β-unsaturated/α-hetero) is 1. The summed E-state index contributed by atoms with van der Waals surface area (Å²) >= 11 is 0. The van der Waals surface area contributed by atoms with Gasteiger partial charge in [0, 0.05) is 24.3 Å². The summed E-state index contributed by atoms with van der Waals surface area (Å²) < 4.78 is 16.2. The van der Waals surface area contributed by atoms with Crippen molar-refractivity contribution >= 4 is 23.8 Å². The first-order valence-electron chi connectivity index (χ1n) is 12.1. The van der Waals surface area contributed by atoms with Crippen LogP contribution in [-0.2, 0) is 14.3 Å². The predicted molar refractivity (Wildman–Crippen MR) is 131 cm³/mol. The fraction of sp³-hybridized carbons (Fsp3) is 0.393. The van der Waals surface area contributed by atoms with E-state index in [9.17, 15) is 24.6 Å². The highest BCUT2D eigenvalue weighted by Crippen LogP contribution is 2.48. The lowest BCUT2D eigenvalue weighted by molar-refractivity contribution is -0.135. The second kappa shape index (κ2) is 10.8. The van der Waals surface area contributed by atoms with Gasteiger partial charge in [0.15, 0.2) is 11.5 Å². The van der Waals surface area contributed by atoms with Gasteiger partial charge in [-0.1, -0.05) is 18.2 Å². The fourth-order valence-corrected chi connectivity index (χ4v) is 4.73. The van der Waals surface area contributed by atoms with Crippen molar-refractivity contribution in [3.8, 4) is 23.0 Å². The largest absolute Gasteiger partial charge is 0.507 e. The number of carbonyl (C=O) groups excluding carboxylic acids is 3. The Bertz CT molecular complexity index is 1210. The molecule has 0 spiro atoms. The molecule has 0 bridgehead atoms. The van der Waals surface area contributed by atoms with Gasteiger partial charge in [-0.25, -0.2) is 4.79 Å². The number of esters is 2. The van der Waals surface area contributed by atoms with Crippen LogP contribution in [0.25, 0.3) is 6.08 Å². The quantitative estimate of drug-likeness (QED) is 0.441. The zero-order chi connectivity index (χ0) is 25.8. The summed E-state index contributed by atoms with van der Waals surface area (Å²) in [4.78, 5) is 37.8. The van der Waals surface area contributed by atoms with Gasteiger partial charge < -0.3 is 24.4 Å². The average Bonchev–Trinajstić information content (AvgIpc) is 2.82. The molecule has 0 saturated carbocycles. The lowest BCUT2D eigenvalue weighted by Crippen LogP contribution is -2.23. The summed E-state index contributed by atoms with van der Waals surface area (Å²) in [7, 11) is 1.43. The summed E-state index contributed by atoms with van der Waals surface area (Å²) in [6.45, 7) is 1.75. The van der Waals surface area contributed by atoms with Crippen LogP contribution in [0.3, 0.4) is 0 Å². The molecule has 0 amide bonds. The third-order valence-electron chi connectivity index (χ3n) is 6.58. The Kier molecular flexibility index (Phi) is 7.62. The van der Waals surface area contributed by atoms with E-state index >= 15 is 0 Å². The number of methoxy groups -OCH3 is 1. The number of rotatable bonds is 2. The Morgan fingerprint density at radius 2 is 1.83 bits per heavy atom. The lowest BCUT2D eigenvalue weighted by Gasteiger charge is -2.28. The van der Waals surface area contributed by atoms with Gasteiger partial charge in [0.25, 0.3) is 0 Å². The van der Waals surface area contributed by atoms with Crippen LogP contribution in [0.4, 0.5) is 0 Å². The Hall–Kier alpha value is -3.81. The van der Waals surface area contributed by atoms with Crippen molar-refractivity contribution in [3.63, 3.8) is 0 Å². The molecule has 4 rings (SSSR count). The molecule has 2 N–H and O–H groups in total. The van der Waals surface area contributed by atoms with E-state index in [0.717, 1.165) is 0 Å². The lowest BCUT2D eigenvalue weighted by atomic mass is 9.83. The van der Waals surface area contributed by atoms with Gasteiger partial charge in [0.2, 0.25) is 0 Å². The molecule has 2 aromatic rings. The molecular weight excluding hydrogens is 464 g/mol. The van der Waals surface area contributed by atoms with Gasteiger partial charge >= 0.3 is 11.9 Å². The van der Waals surface area contributed by atoms with Crippen LogP contribution in [0.15, 0.2) is 30.3 Å². The summed E-state index contributed by atoms with van der Waals surface area (Å²) in [5, 5.41) is 21.7. The Morgan fingerprint density at radius 3 is 2.58 bits per heavy atom. The summed E-state index contributed by atoms with van der Waals surface area (Å²) in [6, 6.07) is 6.29. The molecule has 2 heterocycles. The molecule has 0 saturated heterocycles. The zero-order valence-corrected chi connectivity index (χ0v) is 20.4. The third kappa shape index (κ3) is 5.37. The number of aromatic hydroxyl groups is 2. The zero-order valence-electron chi connectivity index (χ0n) is 20.4. The number of fused-ring (bicyclic) bond motifs is 2. The van der Waals surface area contributed by atoms with Crippen LogP contribution in [-0.4, -0.2) is 41.1 Å². The highest BCUT2D eigenvalue weighted by molar-refractivity contribution is 5.98. The molecule has 2 aliphatic heterocycles. The minimum absolute atomic E-state index is 0.00864. The van der Waals surface area contributed by atoms with Crippen molar-refractivity contribution in [1.82, 2.24) is 0 Å². The van der Waals surface area contributed by atoms with Crippen molar-refractivity contribution in [2.75, 3.05) is 7.11 Å². The monoisotopic (exact) mass is 494 g/mol. The number of ketones is 1. The Balaban J connectivity index is 1.81. The first kappa shape index (κ1) is 25.3. The predicted octanol–water partition coefficient (Wildman–Crippen LogP) is 5.03. The molecule has 0 aromatic heterocycles. The van der Waals surface area contributed by atoms with Crippen LogP contribution in [0.5, 0.6) is 23.0 Å². The Morgan fingerprint density at radius 1 is 1.06 bits per heavy atom. The molecule has 2 aromatic carbocycles. The van der Waals surface area contributed by atoms with E-state index in [1.165, 1.54) is 13.2 Å². The molecule has 0 unspecified atom stereocenters. The average molecular weight is 495 g/mol. The highest BCUT2D eigenvalue weighted by Gasteiger charge is 2.35. The van der Waals surface area contributed by atoms with E-state index in [0.29, 0.717) is 49.7 Å². The SMILES string of the molecule is COc1ccc([C@@H]2CC(=O)Oc3cc4c(c(O)c32)C(=O)O[C@H](C)CCCC(=O)CCCC=C4)cc1O. The van der Waals surface area contributed by atoms with Crippen molar-refractivity contribution < 1.29 is 38.8 Å². The molecule has 0 fully saturated rings. The maximum atomic E-state index is 13.3. The standard InChI is InChI=1S/C28H30O8/c1-16-7-6-10-19(29)9-5-3-4-8-18-14-23-26(27(32)25(18)28(33)35-16)20(15-24(31)36-23)17-11-12-22(34-2)21(30)13-17/h4,8,11-14,16,20,30,32H,3,5-7,9-10,15H2,1-2H3/t16-,20+/m1/s1. The van der Waals surface area contributed by atoms with E-state index in [4.69, 9.17) is 14.2 Å². The highest BCUT2D eigenvalue weighted by atomic mass is 16.5. The van der Waals surface area contributed by atoms with Gasteiger partial charge in [-0.15, -0.1) is 0 Å². The van der Waals surface area contributed by atoms with Gasteiger partial charge in [-0.3, -0.25) is 9.59 Å². The first-order chi connectivity index (χ1) is 17.3. The van der Waals surface area contributed by atoms with E-state index < -0.39 is 24.0 Å². The number of hydrogen-bond acceptors (Lipinski definition) is 8. The minimum atomic E-state index is -0.695. The molecule has 8 nitrogen and oxygen atoms in total. The number of ether oxygens (including phenoxy) is 3. The number of cyclic esters (lactones) is 1. The molecule has 190 valence electrons. The smallest absolute Gasteiger partial charge is 0.342 e. The Labute approximate surface area is 209 Å². The summed E-state index contributed by atoms with van der Waals surface area (Å²) in [6.07, 6.45) is 6.33. The minimum Gasteiger partial charge on any atom is -0.507 e. The number of phenols is 2. The number of benzene rings is 2. The number of hydrogen-bond donors (Lipinski definition) is 2. The van der Waals surface area contributed by atoms with Crippen LogP contribution in [0.2, 0.25) is 0 Å². The number of carbonyl (C=O) groups is 3. The van der Waals surface area contributed by atoms with E-state index in [1.54, 1.807) is 31.2 Å². The normalized spacial score (nSPS) is 21.0. The van der Waals surface area contributed by atoms with Gasteiger partial charge in [-0.2, -0.15) is 0 Å². The first-order valence-corrected chi connectivity index (χ1v) is 12.1. The summed E-state index contributed by atoms with van der Waals surface area (Å²) in [5.41, 5.74) is 1.19. The third-order valence-corrected chi connectivity index (χ3v) is 6.58. The van der Waals surface area contributed by atoms with Gasteiger partial charge in [-0.05, 0) is 61.9 Å². The van der Waals surface area contributed by atoms with E-state index in [-0.39, 0.29) is 46.3 Å². The van der Waals surface area contributed by atoms with Crippen LogP contribution in [0, 0.1) is 0 Å². The summed E-state index contributed by atoms with van der Waals surface area (Å²) in [5.74, 6) is -1.67. The molecule has 0 radical (unpaired) electrons.